The quantitative estimate of drug-likeness (QED) is 0.155. The van der Waals surface area contributed by atoms with Crippen LogP contribution in [-0.2, 0) is 29.2 Å². The molecule has 0 bridgehead atoms. The molecule has 0 atom stereocenters. The summed E-state index contributed by atoms with van der Waals surface area (Å²) in [7, 11) is 0. The van der Waals surface area contributed by atoms with Crippen LogP contribution in [0.25, 0.3) is 0 Å². The summed E-state index contributed by atoms with van der Waals surface area (Å²) in [6.07, 6.45) is 6.52. The third-order valence-corrected chi connectivity index (χ3v) is 6.47. The van der Waals surface area contributed by atoms with Crippen molar-refractivity contribution in [3.05, 3.63) is 81.5 Å². The van der Waals surface area contributed by atoms with Gasteiger partial charge in [0.15, 0.2) is 12.4 Å². The normalized spacial score (nSPS) is 11.1. The number of benzene rings is 2. The van der Waals surface area contributed by atoms with Crippen LogP contribution >= 0.6 is 0 Å². The van der Waals surface area contributed by atoms with E-state index in [2.05, 4.69) is 12.0 Å². The summed E-state index contributed by atoms with van der Waals surface area (Å²) in [4.78, 5) is 37.1. The van der Waals surface area contributed by atoms with Crippen molar-refractivity contribution in [2.75, 3.05) is 0 Å². The van der Waals surface area contributed by atoms with Crippen LogP contribution in [0.3, 0.4) is 0 Å². The Morgan fingerprint density at radius 2 is 1.57 bits per heavy atom. The molecule has 0 radical (unpaired) electrons. The second-order valence-electron chi connectivity index (χ2n) is 10.3. The van der Waals surface area contributed by atoms with Gasteiger partial charge in [0.25, 0.3) is 0 Å². The number of rotatable bonds is 15. The van der Waals surface area contributed by atoms with Crippen LogP contribution in [0.5, 0.6) is 5.75 Å². The van der Waals surface area contributed by atoms with Gasteiger partial charge in [-0.25, -0.2) is 14.3 Å². The van der Waals surface area contributed by atoms with Crippen LogP contribution in [0.2, 0.25) is 0 Å². The fourth-order valence-electron chi connectivity index (χ4n) is 4.05. The van der Waals surface area contributed by atoms with E-state index in [4.69, 9.17) is 9.47 Å². The van der Waals surface area contributed by atoms with Crippen molar-refractivity contribution in [3.8, 4) is 5.75 Å². The number of hydrogen-bond acceptors (Lipinski definition) is 7. The van der Waals surface area contributed by atoms with Crippen LogP contribution in [0.1, 0.15) is 86.6 Å². The number of carboxylic acids is 1. The zero-order valence-electron chi connectivity index (χ0n) is 24.3. The van der Waals surface area contributed by atoms with Gasteiger partial charge >= 0.3 is 41.2 Å². The number of aromatic nitrogens is 3. The molecule has 3 rings (SSSR count). The predicted octanol–water partition coefficient (Wildman–Crippen LogP) is 1.03. The minimum atomic E-state index is -1.51. The summed E-state index contributed by atoms with van der Waals surface area (Å²) >= 11 is 0. The van der Waals surface area contributed by atoms with Gasteiger partial charge in [0.2, 0.25) is 0 Å². The molecule has 210 valence electrons. The summed E-state index contributed by atoms with van der Waals surface area (Å²) < 4.78 is 13.9. The third-order valence-electron chi connectivity index (χ3n) is 6.47. The molecule has 0 saturated heterocycles. The van der Waals surface area contributed by atoms with Gasteiger partial charge < -0.3 is 19.4 Å². The topological polar surface area (TPSA) is 115 Å². The van der Waals surface area contributed by atoms with Crippen molar-refractivity contribution in [1.29, 1.82) is 0 Å². The summed E-state index contributed by atoms with van der Waals surface area (Å²) in [5, 5.41) is 15.7. The Morgan fingerprint density at radius 3 is 2.20 bits per heavy atom. The molecule has 0 fully saturated rings. The van der Waals surface area contributed by atoms with E-state index in [1.807, 2.05) is 31.2 Å². The molecule has 3 aromatic rings. The molecule has 2 aromatic carbocycles. The summed E-state index contributed by atoms with van der Waals surface area (Å²) in [5.41, 5.74) is 0.609. The SMILES string of the molecule is CCCCCCCCn1c(COC(=O)c2ccc(OC(C)(C)C(=O)[O-])cc2)nn(Cc2ccc(C)cc2)c1=O.[Na+]. The number of carboxylic acid groups (broad SMARTS) is 1. The monoisotopic (exact) mass is 559 g/mol. The van der Waals surface area contributed by atoms with Gasteiger partial charge in [-0.05, 0) is 57.0 Å². The average Bonchev–Trinajstić information content (AvgIpc) is 3.20. The van der Waals surface area contributed by atoms with Crippen LogP contribution in [0, 0.1) is 6.92 Å². The fourth-order valence-corrected chi connectivity index (χ4v) is 4.05. The second-order valence-corrected chi connectivity index (χ2v) is 10.3. The Balaban J connectivity index is 0.00000560. The van der Waals surface area contributed by atoms with Crippen molar-refractivity contribution in [2.45, 2.75) is 91.5 Å². The van der Waals surface area contributed by atoms with Gasteiger partial charge in [-0.3, -0.25) is 4.57 Å². The van der Waals surface area contributed by atoms with E-state index in [1.165, 1.54) is 62.1 Å². The van der Waals surface area contributed by atoms with E-state index in [-0.39, 0.29) is 53.2 Å². The molecule has 40 heavy (non-hydrogen) atoms. The minimum absolute atomic E-state index is 0. The smallest absolute Gasteiger partial charge is 0.546 e. The first-order valence-electron chi connectivity index (χ1n) is 13.5. The van der Waals surface area contributed by atoms with Crippen LogP contribution in [-0.4, -0.2) is 31.9 Å². The standard InChI is InChI=1S/C30H39N3O6.Na/c1-5-6-7-8-9-10-19-32-26(31-33(29(32)37)20-23-13-11-22(2)12-14-23)21-38-27(34)24-15-17-25(18-16-24)39-30(3,4)28(35)36;/h11-18H,5-10,19-21H2,1-4H3,(H,35,36);/q;+1/p-1. The molecule has 1 heterocycles. The second kappa shape index (κ2) is 15.8. The Hall–Kier alpha value is -2.88. The fraction of sp³-hybridized carbons (Fsp3) is 0.467. The molecule has 0 aliphatic carbocycles. The predicted molar refractivity (Wildman–Crippen MR) is 145 cm³/mol. The van der Waals surface area contributed by atoms with Crippen molar-refractivity contribution in [3.63, 3.8) is 0 Å². The van der Waals surface area contributed by atoms with Crippen molar-refractivity contribution >= 4 is 11.9 Å². The molecular weight excluding hydrogens is 521 g/mol. The molecule has 0 aliphatic heterocycles. The van der Waals surface area contributed by atoms with E-state index in [0.717, 1.165) is 30.4 Å². The van der Waals surface area contributed by atoms with Gasteiger partial charge in [-0.1, -0.05) is 68.9 Å². The maximum atomic E-state index is 13.2. The van der Waals surface area contributed by atoms with Crippen LogP contribution < -0.4 is 45.1 Å². The molecular formula is C30H38N3NaO6. The first-order chi connectivity index (χ1) is 18.6. The van der Waals surface area contributed by atoms with E-state index >= 15 is 0 Å². The van der Waals surface area contributed by atoms with E-state index in [1.54, 1.807) is 4.57 Å². The molecule has 10 heteroatoms. The number of ether oxygens (including phenoxy) is 2. The zero-order chi connectivity index (χ0) is 28.4. The number of aliphatic carboxylic acids is 1. The molecule has 1 aromatic heterocycles. The molecule has 0 spiro atoms. The summed E-state index contributed by atoms with van der Waals surface area (Å²) in [6, 6.07) is 13.9. The number of aryl methyl sites for hydroxylation is 1. The van der Waals surface area contributed by atoms with E-state index in [9.17, 15) is 19.5 Å². The molecule has 9 nitrogen and oxygen atoms in total. The van der Waals surface area contributed by atoms with Crippen molar-refractivity contribution in [2.24, 2.45) is 0 Å². The average molecular weight is 560 g/mol. The Labute approximate surface area is 257 Å². The van der Waals surface area contributed by atoms with Gasteiger partial charge in [-0.2, -0.15) is 5.10 Å². The van der Waals surface area contributed by atoms with Crippen LogP contribution in [0.15, 0.2) is 53.3 Å². The minimum Gasteiger partial charge on any atom is -0.546 e. The van der Waals surface area contributed by atoms with Crippen molar-refractivity contribution < 1.29 is 53.7 Å². The molecule has 0 unspecified atom stereocenters. The van der Waals surface area contributed by atoms with Gasteiger partial charge in [0, 0.05) is 6.54 Å². The Morgan fingerprint density at radius 1 is 0.950 bits per heavy atom. The zero-order valence-corrected chi connectivity index (χ0v) is 26.3. The first kappa shape index (κ1) is 33.3. The van der Waals surface area contributed by atoms with Crippen molar-refractivity contribution in [1.82, 2.24) is 14.3 Å². The number of esters is 1. The molecule has 0 aliphatic rings. The van der Waals surface area contributed by atoms with Crippen LogP contribution in [0.4, 0.5) is 0 Å². The molecule has 0 saturated carbocycles. The Kier molecular flexibility index (Phi) is 13.2. The number of carbonyl (C=O) groups is 2. The van der Waals surface area contributed by atoms with E-state index in [0.29, 0.717) is 18.9 Å². The molecule has 0 amide bonds. The third kappa shape index (κ3) is 9.64. The van der Waals surface area contributed by atoms with Gasteiger partial charge in [-0.15, -0.1) is 0 Å². The Bertz CT molecular complexity index is 1300. The summed E-state index contributed by atoms with van der Waals surface area (Å²) in [6.45, 7) is 7.63. The van der Waals surface area contributed by atoms with E-state index < -0.39 is 17.5 Å². The number of carbonyl (C=O) groups excluding carboxylic acids is 2. The number of hydrogen-bond donors (Lipinski definition) is 0. The number of nitrogens with zero attached hydrogens (tertiary/aromatic N) is 3. The number of unbranched alkanes of at least 4 members (excludes halogenated alkanes) is 5. The first-order valence-corrected chi connectivity index (χ1v) is 13.5. The molecule has 0 N–H and O–H groups in total. The maximum Gasteiger partial charge on any atom is 1.00 e. The van der Waals surface area contributed by atoms with Gasteiger partial charge in [0.1, 0.15) is 11.4 Å². The maximum absolute atomic E-state index is 13.2. The van der Waals surface area contributed by atoms with Gasteiger partial charge in [0.05, 0.1) is 18.1 Å². The largest absolute Gasteiger partial charge is 1.00 e. The summed E-state index contributed by atoms with van der Waals surface area (Å²) in [5.74, 6) is -1.26.